The molecule has 66 heavy (non-hydrogen) atoms. The molecule has 6 nitrogen and oxygen atoms in total. The van der Waals surface area contributed by atoms with Gasteiger partial charge in [-0.15, -0.1) is 0 Å². The van der Waals surface area contributed by atoms with E-state index in [0.717, 1.165) is 108 Å². The molecule has 3 aromatic heterocycles. The maximum atomic E-state index is 6.28. The molecule has 4 unspecified atom stereocenters. The van der Waals surface area contributed by atoms with Crippen molar-refractivity contribution in [2.45, 2.75) is 60.8 Å². The first kappa shape index (κ1) is 44.4. The maximum Gasteiger partial charge on any atom is 0.119 e. The molecule has 9 rings (SSSR count). The third-order valence-electron chi connectivity index (χ3n) is 14.6. The summed E-state index contributed by atoms with van der Waals surface area (Å²) < 4.78 is 12.5. The molecule has 0 fully saturated rings. The number of nitrogens with zero attached hydrogens (tertiary/aromatic N) is 2. The maximum absolute atomic E-state index is 6.28. The first-order chi connectivity index (χ1) is 32.2. The van der Waals surface area contributed by atoms with E-state index in [1.165, 1.54) is 12.8 Å². The molecule has 0 radical (unpaired) electrons. The minimum absolute atomic E-state index is 0.239. The van der Waals surface area contributed by atoms with Gasteiger partial charge in [-0.05, 0) is 113 Å². The van der Waals surface area contributed by atoms with E-state index in [-0.39, 0.29) is 5.41 Å². The second-order valence-electron chi connectivity index (χ2n) is 18.3. The molecule has 4 aromatic carbocycles. The highest BCUT2D eigenvalue weighted by atomic mass is 16.5. The van der Waals surface area contributed by atoms with Crippen LogP contribution in [0.2, 0.25) is 0 Å². The molecule has 0 amide bonds. The van der Waals surface area contributed by atoms with Crippen LogP contribution < -0.4 is 4.74 Å². The van der Waals surface area contributed by atoms with Crippen LogP contribution in [0.15, 0.2) is 140 Å². The highest BCUT2D eigenvalue weighted by molar-refractivity contribution is 5.99. The number of fused-ring (bicyclic) bond motifs is 8. The Morgan fingerprint density at radius 3 is 1.24 bits per heavy atom. The van der Waals surface area contributed by atoms with Gasteiger partial charge in [-0.1, -0.05) is 158 Å². The van der Waals surface area contributed by atoms with Crippen LogP contribution >= 0.6 is 0 Å². The summed E-state index contributed by atoms with van der Waals surface area (Å²) in [7, 11) is 0. The lowest BCUT2D eigenvalue weighted by Crippen LogP contribution is -2.37. The van der Waals surface area contributed by atoms with E-state index in [2.05, 4.69) is 215 Å². The van der Waals surface area contributed by atoms with Gasteiger partial charge in [-0.3, -0.25) is 0 Å². The van der Waals surface area contributed by atoms with Crippen molar-refractivity contribution in [1.29, 1.82) is 0 Å². The van der Waals surface area contributed by atoms with Gasteiger partial charge >= 0.3 is 0 Å². The van der Waals surface area contributed by atoms with Gasteiger partial charge in [0, 0.05) is 50.9 Å². The molecule has 0 aliphatic carbocycles. The zero-order valence-electron chi connectivity index (χ0n) is 39.3. The Balaban J connectivity index is 1.13. The molecule has 4 atom stereocenters. The van der Waals surface area contributed by atoms with Crippen molar-refractivity contribution in [3.8, 4) is 50.3 Å². The summed E-state index contributed by atoms with van der Waals surface area (Å²) in [5.74, 6) is 2.76. The van der Waals surface area contributed by atoms with Crippen molar-refractivity contribution in [2.24, 2.45) is 23.2 Å². The Morgan fingerprint density at radius 2 is 0.864 bits per heavy atom. The van der Waals surface area contributed by atoms with Crippen LogP contribution in [0.4, 0.5) is 0 Å². The van der Waals surface area contributed by atoms with Crippen molar-refractivity contribution in [3.63, 3.8) is 0 Å². The number of benzene rings is 4. The SMILES string of the molecule is CCC(C)C(C)C(C)(CCOCCOc1ccc(-c2c3nc(c(-c4ccccc4)c4ccc([nH]4)c(-c4ccccc4)c4nc(c(-c5ccccc5)c5ccc2[nH]5)C=C4)C=C3)cc1)C(C)CC. The normalized spacial score (nSPS) is 14.5. The Kier molecular flexibility index (Phi) is 13.3. The molecule has 2 aliphatic rings. The van der Waals surface area contributed by atoms with Crippen LogP contribution in [0.3, 0.4) is 0 Å². The number of hydrogen-bond donors (Lipinski definition) is 2. The summed E-state index contributed by atoms with van der Waals surface area (Å²) >= 11 is 0. The summed E-state index contributed by atoms with van der Waals surface area (Å²) in [5, 5.41) is 0. The van der Waals surface area contributed by atoms with Gasteiger partial charge in [0.25, 0.3) is 0 Å². The summed E-state index contributed by atoms with van der Waals surface area (Å²) in [5.41, 5.74) is 16.0. The Hall–Kier alpha value is -6.76. The minimum atomic E-state index is 0.239. The predicted octanol–water partition coefficient (Wildman–Crippen LogP) is 15.8. The second-order valence-corrected chi connectivity index (χ2v) is 18.3. The molecular formula is C60H62N4O2. The standard InChI is InChI=1S/C60H62N4O2/c1-7-40(3)42(5)60(6,41(4)8-2)36-37-65-38-39-66-47-26-24-46(25-27-47)59-54-34-32-52(63-54)57(44-20-14-10-15-21-44)50-30-28-48(61-50)56(43-18-12-9-13-19-43)49-29-31-51(62-49)58(45-22-16-11-17-23-45)53-33-35-55(59)64-53/h9-35,40-42,61,64H,7-8,36-39H2,1-6H3. The number of hydrogen-bond acceptors (Lipinski definition) is 4. The molecule has 5 heterocycles. The fraction of sp³-hybridized carbons (Fsp3) is 0.267. The average Bonchev–Trinajstić information content (AvgIpc) is 4.22. The van der Waals surface area contributed by atoms with E-state index < -0.39 is 0 Å². The molecular weight excluding hydrogens is 809 g/mol. The van der Waals surface area contributed by atoms with E-state index in [4.69, 9.17) is 19.4 Å². The Bertz CT molecular complexity index is 2970. The number of aromatic amines is 2. The number of rotatable bonds is 16. The molecule has 0 saturated carbocycles. The second kappa shape index (κ2) is 19.8. The molecule has 7 aromatic rings. The van der Waals surface area contributed by atoms with Gasteiger partial charge in [0.2, 0.25) is 0 Å². The van der Waals surface area contributed by atoms with Crippen molar-refractivity contribution < 1.29 is 9.47 Å². The van der Waals surface area contributed by atoms with Gasteiger partial charge < -0.3 is 19.4 Å². The molecule has 2 N–H and O–H groups in total. The quantitative estimate of drug-likeness (QED) is 0.0949. The molecule has 334 valence electrons. The van der Waals surface area contributed by atoms with Crippen LogP contribution in [0.1, 0.15) is 83.6 Å². The van der Waals surface area contributed by atoms with Crippen molar-refractivity contribution in [1.82, 2.24) is 19.9 Å². The number of H-pyrrole nitrogens is 2. The largest absolute Gasteiger partial charge is 0.491 e. The van der Waals surface area contributed by atoms with Crippen LogP contribution in [-0.4, -0.2) is 39.8 Å². The molecule has 0 saturated heterocycles. The smallest absolute Gasteiger partial charge is 0.119 e. The lowest BCUT2D eigenvalue weighted by molar-refractivity contribution is 0.0133. The van der Waals surface area contributed by atoms with Gasteiger partial charge in [0.05, 0.1) is 29.4 Å². The van der Waals surface area contributed by atoms with Crippen LogP contribution in [0, 0.1) is 23.2 Å². The Morgan fingerprint density at radius 1 is 0.470 bits per heavy atom. The topological polar surface area (TPSA) is 75.8 Å². The summed E-state index contributed by atoms with van der Waals surface area (Å²) in [6.45, 7) is 16.1. The first-order valence-corrected chi connectivity index (χ1v) is 23.9. The van der Waals surface area contributed by atoms with Gasteiger partial charge in [0.1, 0.15) is 12.4 Å². The molecule has 6 heteroatoms. The third-order valence-corrected chi connectivity index (χ3v) is 14.6. The monoisotopic (exact) mass is 870 g/mol. The van der Waals surface area contributed by atoms with Crippen LogP contribution in [0.5, 0.6) is 5.75 Å². The highest BCUT2D eigenvalue weighted by Gasteiger charge is 2.37. The number of nitrogens with one attached hydrogen (secondary N) is 2. The Labute approximate surface area is 390 Å². The average molecular weight is 871 g/mol. The fourth-order valence-corrected chi connectivity index (χ4v) is 9.96. The highest BCUT2D eigenvalue weighted by Crippen LogP contribution is 2.45. The van der Waals surface area contributed by atoms with Crippen molar-refractivity contribution >= 4 is 46.4 Å². The lowest BCUT2D eigenvalue weighted by Gasteiger charge is -2.43. The minimum Gasteiger partial charge on any atom is -0.491 e. The van der Waals surface area contributed by atoms with E-state index in [0.29, 0.717) is 31.0 Å². The van der Waals surface area contributed by atoms with Crippen LogP contribution in [-0.2, 0) is 4.74 Å². The van der Waals surface area contributed by atoms with Crippen molar-refractivity contribution in [3.05, 3.63) is 162 Å². The molecule has 2 aliphatic heterocycles. The zero-order chi connectivity index (χ0) is 45.6. The first-order valence-electron chi connectivity index (χ1n) is 23.9. The zero-order valence-corrected chi connectivity index (χ0v) is 39.3. The van der Waals surface area contributed by atoms with E-state index >= 15 is 0 Å². The fourth-order valence-electron chi connectivity index (χ4n) is 9.96. The van der Waals surface area contributed by atoms with Gasteiger partial charge in [0.15, 0.2) is 0 Å². The van der Waals surface area contributed by atoms with E-state index in [1.807, 2.05) is 0 Å². The lowest BCUT2D eigenvalue weighted by atomic mass is 9.62. The predicted molar refractivity (Wildman–Crippen MR) is 278 cm³/mol. The van der Waals surface area contributed by atoms with Crippen molar-refractivity contribution in [2.75, 3.05) is 19.8 Å². The van der Waals surface area contributed by atoms with E-state index in [9.17, 15) is 0 Å². The summed E-state index contributed by atoms with van der Waals surface area (Å²) in [6, 6.07) is 48.6. The number of ether oxygens (including phenoxy) is 2. The van der Waals surface area contributed by atoms with Gasteiger partial charge in [-0.2, -0.15) is 0 Å². The third kappa shape index (κ3) is 9.08. The number of aromatic nitrogens is 4. The van der Waals surface area contributed by atoms with E-state index in [1.54, 1.807) is 0 Å². The van der Waals surface area contributed by atoms with Gasteiger partial charge in [-0.25, -0.2) is 9.97 Å². The molecule has 8 bridgehead atoms. The molecule has 0 spiro atoms. The summed E-state index contributed by atoms with van der Waals surface area (Å²) in [6.07, 6.45) is 12.0. The summed E-state index contributed by atoms with van der Waals surface area (Å²) in [4.78, 5) is 18.6. The van der Waals surface area contributed by atoms with Crippen LogP contribution in [0.25, 0.3) is 90.9 Å².